The van der Waals surface area contributed by atoms with Crippen molar-refractivity contribution in [1.82, 2.24) is 4.90 Å². The van der Waals surface area contributed by atoms with Crippen LogP contribution in [0.4, 0.5) is 0 Å². The van der Waals surface area contributed by atoms with Crippen LogP contribution in [0.5, 0.6) is 0 Å². The summed E-state index contributed by atoms with van der Waals surface area (Å²) < 4.78 is 0. The first-order valence-electron chi connectivity index (χ1n) is 6.62. The lowest BCUT2D eigenvalue weighted by atomic mass is 9.85. The van der Waals surface area contributed by atoms with Crippen LogP contribution in [0.2, 0.25) is 0 Å². The number of piperidine rings is 1. The van der Waals surface area contributed by atoms with Crippen molar-refractivity contribution in [3.8, 4) is 0 Å². The Morgan fingerprint density at radius 2 is 1.88 bits per heavy atom. The maximum absolute atomic E-state index is 12.0. The molecule has 1 amide bonds. The molecule has 0 saturated carbocycles. The standard InChI is InChI=1S/C13H23NO3/c1-3-8-13(9-4-2,12(16)17)14-10-6-5-7-11(14)15/h3-10H2,1-2H3,(H,16,17). The summed E-state index contributed by atoms with van der Waals surface area (Å²) in [4.78, 5) is 25.2. The summed E-state index contributed by atoms with van der Waals surface area (Å²) in [5, 5.41) is 9.56. The van der Waals surface area contributed by atoms with E-state index in [2.05, 4.69) is 0 Å². The number of carbonyl (C=O) groups is 2. The highest BCUT2D eigenvalue weighted by atomic mass is 16.4. The molecule has 0 atom stereocenters. The summed E-state index contributed by atoms with van der Waals surface area (Å²) in [6.45, 7) is 4.55. The highest BCUT2D eigenvalue weighted by Gasteiger charge is 2.45. The van der Waals surface area contributed by atoms with Crippen LogP contribution in [0, 0.1) is 0 Å². The molecule has 0 aliphatic carbocycles. The van der Waals surface area contributed by atoms with Crippen LogP contribution in [0.15, 0.2) is 0 Å². The molecule has 1 heterocycles. The number of likely N-dealkylation sites (tertiary alicyclic amines) is 1. The minimum Gasteiger partial charge on any atom is -0.479 e. The zero-order valence-corrected chi connectivity index (χ0v) is 10.9. The average molecular weight is 241 g/mol. The average Bonchev–Trinajstić information content (AvgIpc) is 2.29. The van der Waals surface area contributed by atoms with Crippen molar-refractivity contribution in [2.45, 2.75) is 64.3 Å². The molecule has 4 heteroatoms. The first kappa shape index (κ1) is 14.0. The third-order valence-corrected chi connectivity index (χ3v) is 3.57. The van der Waals surface area contributed by atoms with Gasteiger partial charge < -0.3 is 10.0 Å². The zero-order chi connectivity index (χ0) is 12.9. The van der Waals surface area contributed by atoms with E-state index in [0.29, 0.717) is 25.8 Å². The molecule has 0 unspecified atom stereocenters. The van der Waals surface area contributed by atoms with Crippen LogP contribution in [0.25, 0.3) is 0 Å². The molecule has 0 aromatic rings. The fraction of sp³-hybridized carbons (Fsp3) is 0.846. The van der Waals surface area contributed by atoms with E-state index >= 15 is 0 Å². The quantitative estimate of drug-likeness (QED) is 0.777. The molecule has 1 aliphatic rings. The first-order valence-corrected chi connectivity index (χ1v) is 6.62. The molecule has 1 rings (SSSR count). The highest BCUT2D eigenvalue weighted by Crippen LogP contribution is 2.31. The molecule has 1 N–H and O–H groups in total. The van der Waals surface area contributed by atoms with Gasteiger partial charge in [0.15, 0.2) is 0 Å². The van der Waals surface area contributed by atoms with E-state index in [9.17, 15) is 14.7 Å². The fourth-order valence-electron chi connectivity index (χ4n) is 2.81. The Morgan fingerprint density at radius 3 is 2.29 bits per heavy atom. The summed E-state index contributed by atoms with van der Waals surface area (Å²) in [6, 6.07) is 0. The summed E-state index contributed by atoms with van der Waals surface area (Å²) in [5.41, 5.74) is -0.957. The topological polar surface area (TPSA) is 57.6 Å². The van der Waals surface area contributed by atoms with Crippen LogP contribution in [0.1, 0.15) is 58.8 Å². The highest BCUT2D eigenvalue weighted by molar-refractivity contribution is 5.87. The van der Waals surface area contributed by atoms with Crippen LogP contribution < -0.4 is 0 Å². The summed E-state index contributed by atoms with van der Waals surface area (Å²) in [7, 11) is 0. The maximum Gasteiger partial charge on any atom is 0.329 e. The molecule has 98 valence electrons. The number of carboxylic acids is 1. The molecular weight excluding hydrogens is 218 g/mol. The van der Waals surface area contributed by atoms with E-state index in [0.717, 1.165) is 25.7 Å². The number of aliphatic carboxylic acids is 1. The third-order valence-electron chi connectivity index (χ3n) is 3.57. The molecule has 1 fully saturated rings. The minimum absolute atomic E-state index is 0.0144. The number of amides is 1. The smallest absolute Gasteiger partial charge is 0.329 e. The Labute approximate surface area is 103 Å². The zero-order valence-electron chi connectivity index (χ0n) is 10.9. The van der Waals surface area contributed by atoms with E-state index in [-0.39, 0.29) is 5.91 Å². The van der Waals surface area contributed by atoms with Crippen molar-refractivity contribution in [3.05, 3.63) is 0 Å². The number of hydrogen-bond acceptors (Lipinski definition) is 2. The Morgan fingerprint density at radius 1 is 1.29 bits per heavy atom. The predicted molar refractivity (Wildman–Crippen MR) is 65.7 cm³/mol. The minimum atomic E-state index is -0.957. The van der Waals surface area contributed by atoms with Gasteiger partial charge in [0.25, 0.3) is 0 Å². The lowest BCUT2D eigenvalue weighted by molar-refractivity contribution is -0.162. The van der Waals surface area contributed by atoms with Gasteiger partial charge in [-0.05, 0) is 25.7 Å². The number of nitrogens with zero attached hydrogens (tertiary/aromatic N) is 1. The van der Waals surface area contributed by atoms with Gasteiger partial charge in [-0.3, -0.25) is 4.79 Å². The van der Waals surface area contributed by atoms with E-state index < -0.39 is 11.5 Å². The molecule has 0 spiro atoms. The van der Waals surface area contributed by atoms with E-state index in [1.165, 1.54) is 0 Å². The van der Waals surface area contributed by atoms with Crippen molar-refractivity contribution in [3.63, 3.8) is 0 Å². The van der Waals surface area contributed by atoms with Gasteiger partial charge in [0.05, 0.1) is 0 Å². The molecule has 0 bridgehead atoms. The van der Waals surface area contributed by atoms with Crippen LogP contribution >= 0.6 is 0 Å². The second kappa shape index (κ2) is 6.03. The lowest BCUT2D eigenvalue weighted by Gasteiger charge is -2.42. The Bertz CT molecular complexity index is 282. The molecule has 0 aromatic carbocycles. The van der Waals surface area contributed by atoms with Gasteiger partial charge in [-0.25, -0.2) is 4.79 Å². The summed E-state index contributed by atoms with van der Waals surface area (Å²) in [5.74, 6) is -0.822. The van der Waals surface area contributed by atoms with Crippen molar-refractivity contribution in [2.24, 2.45) is 0 Å². The molecule has 0 radical (unpaired) electrons. The first-order chi connectivity index (χ1) is 8.08. The molecule has 17 heavy (non-hydrogen) atoms. The molecule has 1 aliphatic heterocycles. The van der Waals surface area contributed by atoms with Gasteiger partial charge in [0, 0.05) is 13.0 Å². The number of carbonyl (C=O) groups excluding carboxylic acids is 1. The van der Waals surface area contributed by atoms with Crippen molar-refractivity contribution >= 4 is 11.9 Å². The lowest BCUT2D eigenvalue weighted by Crippen LogP contribution is -2.58. The Balaban J connectivity index is 3.00. The van der Waals surface area contributed by atoms with Gasteiger partial charge in [0.2, 0.25) is 5.91 Å². The second-order valence-corrected chi connectivity index (χ2v) is 4.84. The molecular formula is C13H23NO3. The van der Waals surface area contributed by atoms with Gasteiger partial charge >= 0.3 is 5.97 Å². The van der Waals surface area contributed by atoms with Crippen molar-refractivity contribution in [2.75, 3.05) is 6.54 Å². The SMILES string of the molecule is CCCC(CCC)(C(=O)O)N1CCCCC1=O. The number of hydrogen-bond donors (Lipinski definition) is 1. The van der Waals surface area contributed by atoms with Gasteiger partial charge in [0.1, 0.15) is 5.54 Å². The second-order valence-electron chi connectivity index (χ2n) is 4.84. The predicted octanol–water partition coefficient (Wildman–Crippen LogP) is 2.42. The van der Waals surface area contributed by atoms with E-state index in [1.54, 1.807) is 4.90 Å². The van der Waals surface area contributed by atoms with Crippen LogP contribution in [-0.4, -0.2) is 34.0 Å². The van der Waals surface area contributed by atoms with Crippen LogP contribution in [-0.2, 0) is 9.59 Å². The van der Waals surface area contributed by atoms with Gasteiger partial charge in [-0.2, -0.15) is 0 Å². The third kappa shape index (κ3) is 2.79. The van der Waals surface area contributed by atoms with Crippen molar-refractivity contribution < 1.29 is 14.7 Å². The molecule has 4 nitrogen and oxygen atoms in total. The Kier molecular flexibility index (Phi) is 4.97. The van der Waals surface area contributed by atoms with Crippen LogP contribution in [0.3, 0.4) is 0 Å². The monoisotopic (exact) mass is 241 g/mol. The molecule has 1 saturated heterocycles. The number of carboxylic acid groups (broad SMARTS) is 1. The summed E-state index contributed by atoms with van der Waals surface area (Å²) in [6.07, 6.45) is 5.01. The normalized spacial score (nSPS) is 17.3. The Hall–Kier alpha value is -1.06. The van der Waals surface area contributed by atoms with Gasteiger partial charge in [-0.1, -0.05) is 26.7 Å². The fourth-order valence-corrected chi connectivity index (χ4v) is 2.81. The number of rotatable bonds is 6. The summed E-state index contributed by atoms with van der Waals surface area (Å²) >= 11 is 0. The van der Waals surface area contributed by atoms with Crippen molar-refractivity contribution in [1.29, 1.82) is 0 Å². The van der Waals surface area contributed by atoms with E-state index in [4.69, 9.17) is 0 Å². The largest absolute Gasteiger partial charge is 0.479 e. The van der Waals surface area contributed by atoms with Gasteiger partial charge in [-0.15, -0.1) is 0 Å². The molecule has 0 aromatic heterocycles. The van der Waals surface area contributed by atoms with E-state index in [1.807, 2.05) is 13.8 Å². The maximum atomic E-state index is 12.0.